The first-order valence-electron chi connectivity index (χ1n) is 9.88. The predicted octanol–water partition coefficient (Wildman–Crippen LogP) is 5.51. The van der Waals surface area contributed by atoms with Crippen LogP contribution in [0, 0.1) is 0 Å². The maximum atomic E-state index is 12.7. The quantitative estimate of drug-likeness (QED) is 0.403. The molecule has 2 aromatic heterocycles. The molecule has 4 rings (SSSR count). The fourth-order valence-electron chi connectivity index (χ4n) is 2.87. The Morgan fingerprint density at radius 1 is 0.969 bits per heavy atom. The highest BCUT2D eigenvalue weighted by Gasteiger charge is 2.30. The standard InChI is InChI=1S/C24H21ClN4O3/c1-24(2,32-20-9-5-17(25)6-10-20)23(30)28-18-7-11-19(12-8-18)31-22-15-21(26-16-27-22)29-13-3-4-14-29/h3-16H,1-2H3,(H,28,30). The molecule has 1 N–H and O–H groups in total. The van der Waals surface area contributed by atoms with Crippen LogP contribution in [0.3, 0.4) is 0 Å². The maximum absolute atomic E-state index is 12.7. The number of anilines is 1. The third-order valence-corrected chi connectivity index (χ3v) is 4.82. The zero-order valence-electron chi connectivity index (χ0n) is 17.5. The average molecular weight is 449 g/mol. The Balaban J connectivity index is 1.39. The highest BCUT2D eigenvalue weighted by molar-refractivity contribution is 6.30. The molecule has 0 fully saturated rings. The smallest absolute Gasteiger partial charge is 0.267 e. The van der Waals surface area contributed by atoms with Crippen molar-refractivity contribution in [3.63, 3.8) is 0 Å². The van der Waals surface area contributed by atoms with Gasteiger partial charge in [0.1, 0.15) is 23.6 Å². The molecule has 0 spiro atoms. The minimum absolute atomic E-state index is 0.284. The molecule has 1 amide bonds. The molecule has 0 aliphatic carbocycles. The summed E-state index contributed by atoms with van der Waals surface area (Å²) in [6.07, 6.45) is 5.23. The SMILES string of the molecule is CC(C)(Oc1ccc(Cl)cc1)C(=O)Nc1ccc(Oc2cc(-n3cccc3)ncn2)cc1. The van der Waals surface area contributed by atoms with Gasteiger partial charge in [0.05, 0.1) is 0 Å². The minimum atomic E-state index is -1.08. The molecule has 2 heterocycles. The van der Waals surface area contributed by atoms with Gasteiger partial charge < -0.3 is 19.4 Å². The lowest BCUT2D eigenvalue weighted by Crippen LogP contribution is -2.42. The molecular formula is C24H21ClN4O3. The van der Waals surface area contributed by atoms with Gasteiger partial charge in [-0.1, -0.05) is 11.6 Å². The number of hydrogen-bond acceptors (Lipinski definition) is 5. The van der Waals surface area contributed by atoms with E-state index in [1.54, 1.807) is 68.4 Å². The number of hydrogen-bond donors (Lipinski definition) is 1. The van der Waals surface area contributed by atoms with E-state index < -0.39 is 5.60 Å². The molecule has 0 aliphatic heterocycles. The maximum Gasteiger partial charge on any atom is 0.267 e. The fraction of sp³-hybridized carbons (Fsp3) is 0.125. The van der Waals surface area contributed by atoms with Crippen LogP contribution in [0.2, 0.25) is 5.02 Å². The third-order valence-electron chi connectivity index (χ3n) is 4.56. The fourth-order valence-corrected chi connectivity index (χ4v) is 2.99. The zero-order valence-corrected chi connectivity index (χ0v) is 18.3. The summed E-state index contributed by atoms with van der Waals surface area (Å²) < 4.78 is 13.5. The van der Waals surface area contributed by atoms with Crippen molar-refractivity contribution in [2.75, 3.05) is 5.32 Å². The number of nitrogens with one attached hydrogen (secondary N) is 1. The van der Waals surface area contributed by atoms with Crippen LogP contribution in [-0.4, -0.2) is 26.0 Å². The zero-order chi connectivity index (χ0) is 22.6. The van der Waals surface area contributed by atoms with Crippen LogP contribution in [0.15, 0.2) is 85.5 Å². The highest BCUT2D eigenvalue weighted by atomic mass is 35.5. The molecule has 8 heteroatoms. The number of rotatable bonds is 7. The number of amides is 1. The molecule has 0 saturated heterocycles. The first kappa shape index (κ1) is 21.4. The normalized spacial score (nSPS) is 11.1. The van der Waals surface area contributed by atoms with E-state index in [1.807, 2.05) is 29.1 Å². The van der Waals surface area contributed by atoms with E-state index >= 15 is 0 Å². The van der Waals surface area contributed by atoms with E-state index in [-0.39, 0.29) is 5.91 Å². The van der Waals surface area contributed by atoms with Gasteiger partial charge in [0.2, 0.25) is 5.88 Å². The van der Waals surface area contributed by atoms with E-state index in [1.165, 1.54) is 6.33 Å². The molecule has 162 valence electrons. The molecule has 4 aromatic rings. The Kier molecular flexibility index (Phi) is 6.09. The van der Waals surface area contributed by atoms with Crippen molar-refractivity contribution < 1.29 is 14.3 Å². The number of nitrogens with zero attached hydrogens (tertiary/aromatic N) is 3. The van der Waals surface area contributed by atoms with Crippen molar-refractivity contribution >= 4 is 23.2 Å². The molecule has 0 atom stereocenters. The Morgan fingerprint density at radius 2 is 1.62 bits per heavy atom. The van der Waals surface area contributed by atoms with Gasteiger partial charge in [0.15, 0.2) is 5.60 Å². The minimum Gasteiger partial charge on any atom is -0.478 e. The number of benzene rings is 2. The van der Waals surface area contributed by atoms with Gasteiger partial charge in [-0.2, -0.15) is 0 Å². The van der Waals surface area contributed by atoms with E-state index in [2.05, 4.69) is 15.3 Å². The van der Waals surface area contributed by atoms with E-state index in [9.17, 15) is 4.79 Å². The van der Waals surface area contributed by atoms with Crippen LogP contribution in [0.25, 0.3) is 5.82 Å². The van der Waals surface area contributed by atoms with Gasteiger partial charge in [-0.05, 0) is 74.5 Å². The molecule has 0 bridgehead atoms. The number of carbonyl (C=O) groups excluding carboxylic acids is 1. The Hall–Kier alpha value is -3.84. The van der Waals surface area contributed by atoms with Crippen molar-refractivity contribution in [2.45, 2.75) is 19.4 Å². The van der Waals surface area contributed by atoms with Crippen LogP contribution < -0.4 is 14.8 Å². The second-order valence-corrected chi connectivity index (χ2v) is 7.89. The van der Waals surface area contributed by atoms with Gasteiger partial charge in [-0.3, -0.25) is 4.79 Å². The molecule has 0 unspecified atom stereocenters. The lowest BCUT2D eigenvalue weighted by molar-refractivity contribution is -0.128. The third kappa shape index (κ3) is 5.25. The molecule has 7 nitrogen and oxygen atoms in total. The number of ether oxygens (including phenoxy) is 2. The van der Waals surface area contributed by atoms with Crippen molar-refractivity contribution in [3.8, 4) is 23.2 Å². The molecule has 2 aromatic carbocycles. The summed E-state index contributed by atoms with van der Waals surface area (Å²) >= 11 is 5.89. The number of aromatic nitrogens is 3. The Labute approximate surface area is 190 Å². The van der Waals surface area contributed by atoms with Crippen LogP contribution in [0.4, 0.5) is 5.69 Å². The second-order valence-electron chi connectivity index (χ2n) is 7.45. The van der Waals surface area contributed by atoms with Gasteiger partial charge >= 0.3 is 0 Å². The van der Waals surface area contributed by atoms with Gasteiger partial charge in [-0.25, -0.2) is 9.97 Å². The largest absolute Gasteiger partial charge is 0.478 e. The summed E-state index contributed by atoms with van der Waals surface area (Å²) in [5.41, 5.74) is -0.468. The van der Waals surface area contributed by atoms with Crippen LogP contribution in [-0.2, 0) is 4.79 Å². The van der Waals surface area contributed by atoms with Gasteiger partial charge in [0.25, 0.3) is 5.91 Å². The van der Waals surface area contributed by atoms with Crippen molar-refractivity contribution in [2.24, 2.45) is 0 Å². The van der Waals surface area contributed by atoms with E-state index in [0.29, 0.717) is 33.9 Å². The first-order chi connectivity index (χ1) is 15.4. The summed E-state index contributed by atoms with van der Waals surface area (Å²) in [5.74, 6) is 1.97. The Morgan fingerprint density at radius 3 is 2.31 bits per heavy atom. The topological polar surface area (TPSA) is 78.3 Å². The highest BCUT2D eigenvalue weighted by Crippen LogP contribution is 2.25. The Bertz CT molecular complexity index is 1190. The van der Waals surface area contributed by atoms with Crippen LogP contribution >= 0.6 is 11.6 Å². The molecule has 0 radical (unpaired) electrons. The molecule has 32 heavy (non-hydrogen) atoms. The number of carbonyl (C=O) groups is 1. The van der Waals surface area contributed by atoms with E-state index in [4.69, 9.17) is 21.1 Å². The molecule has 0 aliphatic rings. The lowest BCUT2D eigenvalue weighted by atomic mass is 10.1. The van der Waals surface area contributed by atoms with Gasteiger partial charge in [-0.15, -0.1) is 0 Å². The predicted molar refractivity (Wildman–Crippen MR) is 123 cm³/mol. The number of halogens is 1. The summed E-state index contributed by atoms with van der Waals surface area (Å²) in [7, 11) is 0. The van der Waals surface area contributed by atoms with Gasteiger partial charge in [0, 0.05) is 29.2 Å². The van der Waals surface area contributed by atoms with Crippen molar-refractivity contribution in [3.05, 3.63) is 90.5 Å². The van der Waals surface area contributed by atoms with Crippen molar-refractivity contribution in [1.82, 2.24) is 14.5 Å². The van der Waals surface area contributed by atoms with Crippen molar-refractivity contribution in [1.29, 1.82) is 0 Å². The second kappa shape index (κ2) is 9.11. The molecule has 0 saturated carbocycles. The average Bonchev–Trinajstić information content (AvgIpc) is 3.32. The van der Waals surface area contributed by atoms with E-state index in [0.717, 1.165) is 0 Å². The summed E-state index contributed by atoms with van der Waals surface area (Å²) in [6.45, 7) is 3.40. The molecular weight excluding hydrogens is 428 g/mol. The van der Waals surface area contributed by atoms with Crippen LogP contribution in [0.1, 0.15) is 13.8 Å². The summed E-state index contributed by atoms with van der Waals surface area (Å²) in [6, 6.07) is 19.4. The summed E-state index contributed by atoms with van der Waals surface area (Å²) in [4.78, 5) is 21.1. The summed E-state index contributed by atoms with van der Waals surface area (Å²) in [5, 5.41) is 3.46. The monoisotopic (exact) mass is 448 g/mol. The lowest BCUT2D eigenvalue weighted by Gasteiger charge is -2.25. The van der Waals surface area contributed by atoms with Crippen LogP contribution in [0.5, 0.6) is 17.4 Å². The first-order valence-corrected chi connectivity index (χ1v) is 10.3.